The lowest BCUT2D eigenvalue weighted by molar-refractivity contribution is 0.167. The molecule has 0 bridgehead atoms. The molecule has 1 saturated carbocycles. The fourth-order valence-corrected chi connectivity index (χ4v) is 3.07. The Morgan fingerprint density at radius 2 is 1.85 bits per heavy atom. The number of aliphatic hydroxyl groups excluding tert-OH is 1. The van der Waals surface area contributed by atoms with Crippen LogP contribution in [0.5, 0.6) is 0 Å². The first-order valence-corrected chi connectivity index (χ1v) is 5.68. The fraction of sp³-hybridized carbons (Fsp3) is 1.00. The number of hydrogen-bond acceptors (Lipinski definition) is 2. The van der Waals surface area contributed by atoms with Crippen molar-refractivity contribution >= 4 is 0 Å². The van der Waals surface area contributed by atoms with Crippen LogP contribution < -0.4 is 0 Å². The summed E-state index contributed by atoms with van der Waals surface area (Å²) in [5.41, 5.74) is 0.660. The van der Waals surface area contributed by atoms with E-state index in [0.29, 0.717) is 12.0 Å². The van der Waals surface area contributed by atoms with Gasteiger partial charge in [-0.05, 0) is 31.2 Å². The molecule has 0 aromatic rings. The van der Waals surface area contributed by atoms with E-state index in [-0.39, 0.29) is 0 Å². The van der Waals surface area contributed by atoms with E-state index in [4.69, 9.17) is 5.11 Å². The van der Waals surface area contributed by atoms with Gasteiger partial charge in [-0.25, -0.2) is 0 Å². The number of β-amino-alcohol motifs (C(OH)–C–C–N with tert-alkyl or cyclic N) is 1. The third-order valence-electron chi connectivity index (χ3n) is 3.85. The molecule has 2 aliphatic rings. The maximum atomic E-state index is 8.87. The zero-order valence-corrected chi connectivity index (χ0v) is 8.47. The summed E-state index contributed by atoms with van der Waals surface area (Å²) in [5, 5.41) is 8.87. The van der Waals surface area contributed by atoms with E-state index in [1.54, 1.807) is 0 Å². The summed E-state index contributed by atoms with van der Waals surface area (Å²) in [5.74, 6) is 0. The van der Waals surface area contributed by atoms with Crippen molar-refractivity contribution < 1.29 is 5.11 Å². The Morgan fingerprint density at radius 1 is 1.08 bits per heavy atom. The predicted octanol–water partition coefficient (Wildman–Crippen LogP) is 1.63. The molecule has 0 amide bonds. The zero-order valence-electron chi connectivity index (χ0n) is 8.47. The molecule has 0 atom stereocenters. The molecule has 1 aliphatic heterocycles. The maximum Gasteiger partial charge on any atom is 0.0558 e. The predicted molar refractivity (Wildman–Crippen MR) is 53.7 cm³/mol. The second kappa shape index (κ2) is 3.97. The molecular weight excluding hydrogens is 162 g/mol. The molecule has 2 nitrogen and oxygen atoms in total. The van der Waals surface area contributed by atoms with Crippen molar-refractivity contribution in [2.75, 3.05) is 26.2 Å². The second-order valence-corrected chi connectivity index (χ2v) is 4.81. The van der Waals surface area contributed by atoms with Gasteiger partial charge < -0.3 is 10.0 Å². The van der Waals surface area contributed by atoms with Gasteiger partial charge in [0.1, 0.15) is 0 Å². The number of aliphatic hydroxyl groups is 1. The van der Waals surface area contributed by atoms with Crippen molar-refractivity contribution in [2.24, 2.45) is 5.41 Å². The van der Waals surface area contributed by atoms with Crippen LogP contribution in [0.25, 0.3) is 0 Å². The summed E-state index contributed by atoms with van der Waals surface area (Å²) >= 11 is 0. The first kappa shape index (κ1) is 9.47. The molecule has 2 heteroatoms. The summed E-state index contributed by atoms with van der Waals surface area (Å²) in [4.78, 5) is 2.44. The second-order valence-electron chi connectivity index (χ2n) is 4.81. The molecule has 1 N–H and O–H groups in total. The number of hydrogen-bond donors (Lipinski definition) is 1. The lowest BCUT2D eigenvalue weighted by Gasteiger charge is -2.33. The van der Waals surface area contributed by atoms with Crippen molar-refractivity contribution in [3.05, 3.63) is 0 Å². The lowest BCUT2D eigenvalue weighted by atomic mass is 9.73. The Kier molecular flexibility index (Phi) is 2.89. The molecule has 0 radical (unpaired) electrons. The molecule has 2 rings (SSSR count). The van der Waals surface area contributed by atoms with Crippen molar-refractivity contribution in [3.63, 3.8) is 0 Å². The lowest BCUT2D eigenvalue weighted by Crippen LogP contribution is -2.30. The highest BCUT2D eigenvalue weighted by molar-refractivity contribution is 4.91. The van der Waals surface area contributed by atoms with Gasteiger partial charge in [0.2, 0.25) is 0 Å². The van der Waals surface area contributed by atoms with Crippen LogP contribution >= 0.6 is 0 Å². The van der Waals surface area contributed by atoms with E-state index in [0.717, 1.165) is 6.54 Å². The van der Waals surface area contributed by atoms with Crippen LogP contribution in [0, 0.1) is 5.41 Å². The maximum absolute atomic E-state index is 8.87. The fourth-order valence-electron chi connectivity index (χ4n) is 3.07. The van der Waals surface area contributed by atoms with Gasteiger partial charge in [-0.2, -0.15) is 0 Å². The Morgan fingerprint density at radius 3 is 2.54 bits per heavy atom. The van der Waals surface area contributed by atoms with E-state index in [1.165, 1.54) is 51.6 Å². The van der Waals surface area contributed by atoms with Gasteiger partial charge in [0.05, 0.1) is 6.61 Å². The van der Waals surface area contributed by atoms with Gasteiger partial charge in [-0.3, -0.25) is 0 Å². The Bertz CT molecular complexity index is 163. The standard InChI is InChI=1S/C11H21NO/c13-9-8-12-7-6-11(10-12)4-2-1-3-5-11/h13H,1-10H2. The first-order chi connectivity index (χ1) is 6.35. The quantitative estimate of drug-likeness (QED) is 0.703. The number of rotatable bonds is 2. The molecule has 1 heterocycles. The van der Waals surface area contributed by atoms with Gasteiger partial charge in [-0.15, -0.1) is 0 Å². The number of likely N-dealkylation sites (tertiary alicyclic amines) is 1. The minimum Gasteiger partial charge on any atom is -0.395 e. The van der Waals surface area contributed by atoms with E-state index >= 15 is 0 Å². The van der Waals surface area contributed by atoms with Gasteiger partial charge in [0, 0.05) is 13.1 Å². The molecule has 13 heavy (non-hydrogen) atoms. The first-order valence-electron chi connectivity index (χ1n) is 5.68. The van der Waals surface area contributed by atoms with E-state index in [1.807, 2.05) is 0 Å². The van der Waals surface area contributed by atoms with Crippen molar-refractivity contribution in [1.82, 2.24) is 4.90 Å². The van der Waals surface area contributed by atoms with E-state index in [9.17, 15) is 0 Å². The van der Waals surface area contributed by atoms with Crippen molar-refractivity contribution in [3.8, 4) is 0 Å². The molecule has 1 spiro atoms. The van der Waals surface area contributed by atoms with Crippen molar-refractivity contribution in [1.29, 1.82) is 0 Å². The molecular formula is C11H21NO. The molecule has 0 aromatic heterocycles. The largest absolute Gasteiger partial charge is 0.395 e. The molecule has 1 aliphatic carbocycles. The number of nitrogens with zero attached hydrogens (tertiary/aromatic N) is 1. The highest BCUT2D eigenvalue weighted by Crippen LogP contribution is 2.43. The third-order valence-corrected chi connectivity index (χ3v) is 3.85. The summed E-state index contributed by atoms with van der Waals surface area (Å²) in [7, 11) is 0. The summed E-state index contributed by atoms with van der Waals surface area (Å²) in [6.45, 7) is 3.70. The van der Waals surface area contributed by atoms with Gasteiger partial charge in [-0.1, -0.05) is 19.3 Å². The summed E-state index contributed by atoms with van der Waals surface area (Å²) < 4.78 is 0. The Balaban J connectivity index is 1.87. The van der Waals surface area contributed by atoms with Gasteiger partial charge >= 0.3 is 0 Å². The van der Waals surface area contributed by atoms with Crippen LogP contribution in [0.4, 0.5) is 0 Å². The molecule has 2 fully saturated rings. The smallest absolute Gasteiger partial charge is 0.0558 e. The molecule has 76 valence electrons. The summed E-state index contributed by atoms with van der Waals surface area (Å²) in [6, 6.07) is 0. The Hall–Kier alpha value is -0.0800. The average Bonchev–Trinajstić information content (AvgIpc) is 2.51. The highest BCUT2D eigenvalue weighted by Gasteiger charge is 2.38. The minimum atomic E-state index is 0.329. The van der Waals surface area contributed by atoms with Crippen LogP contribution in [0.3, 0.4) is 0 Å². The summed E-state index contributed by atoms with van der Waals surface area (Å²) in [6.07, 6.45) is 8.58. The monoisotopic (exact) mass is 183 g/mol. The average molecular weight is 183 g/mol. The third kappa shape index (κ3) is 2.05. The van der Waals surface area contributed by atoms with E-state index in [2.05, 4.69) is 4.90 Å². The molecule has 0 aromatic carbocycles. The van der Waals surface area contributed by atoms with Crippen LogP contribution in [-0.4, -0.2) is 36.2 Å². The zero-order chi connectivity index (χ0) is 9.15. The minimum absolute atomic E-state index is 0.329. The van der Waals surface area contributed by atoms with Gasteiger partial charge in [0.15, 0.2) is 0 Å². The van der Waals surface area contributed by atoms with Crippen LogP contribution in [0.1, 0.15) is 38.5 Å². The molecule has 0 unspecified atom stereocenters. The SMILES string of the molecule is OCCN1CCC2(CCCCC2)C1. The van der Waals surface area contributed by atoms with Gasteiger partial charge in [0.25, 0.3) is 0 Å². The van der Waals surface area contributed by atoms with Crippen molar-refractivity contribution in [2.45, 2.75) is 38.5 Å². The normalized spacial score (nSPS) is 28.4. The van der Waals surface area contributed by atoms with Crippen LogP contribution in [0.15, 0.2) is 0 Å². The van der Waals surface area contributed by atoms with Crippen LogP contribution in [-0.2, 0) is 0 Å². The van der Waals surface area contributed by atoms with Crippen LogP contribution in [0.2, 0.25) is 0 Å². The van der Waals surface area contributed by atoms with E-state index < -0.39 is 0 Å². The molecule has 1 saturated heterocycles. The highest BCUT2D eigenvalue weighted by atomic mass is 16.3. The topological polar surface area (TPSA) is 23.5 Å². The Labute approximate surface area is 80.9 Å².